The predicted octanol–water partition coefficient (Wildman–Crippen LogP) is 3.31. The number of hydrogen-bond donors (Lipinski definition) is 4. The van der Waals surface area contributed by atoms with E-state index in [9.17, 15) is 19.9 Å². The number of carbonyl (C=O) groups is 2. The van der Waals surface area contributed by atoms with E-state index in [2.05, 4.69) is 10.6 Å². The van der Waals surface area contributed by atoms with Gasteiger partial charge in [-0.25, -0.2) is 14.7 Å². The molecule has 24 heavy (non-hydrogen) atoms. The Morgan fingerprint density at radius 1 is 1.12 bits per heavy atom. The lowest BCUT2D eigenvalue weighted by Gasteiger charge is -2.17. The van der Waals surface area contributed by atoms with Crippen LogP contribution in [-0.2, 0) is 6.54 Å². The van der Waals surface area contributed by atoms with Crippen LogP contribution in [0.5, 0.6) is 0 Å². The summed E-state index contributed by atoms with van der Waals surface area (Å²) in [5, 5.41) is 24.9. The van der Waals surface area contributed by atoms with Crippen LogP contribution in [-0.4, -0.2) is 34.4 Å². The van der Waals surface area contributed by atoms with Gasteiger partial charge in [-0.3, -0.25) is 5.21 Å². The summed E-state index contributed by atoms with van der Waals surface area (Å²) in [6.45, 7) is -0.116. The summed E-state index contributed by atoms with van der Waals surface area (Å²) >= 11 is 6.30. The third kappa shape index (κ3) is 3.95. The summed E-state index contributed by atoms with van der Waals surface area (Å²) in [7, 11) is 1.40. The van der Waals surface area contributed by atoms with Crippen molar-refractivity contribution >= 4 is 35.0 Å². The monoisotopic (exact) mass is 349 g/mol. The van der Waals surface area contributed by atoms with Gasteiger partial charge in [0.1, 0.15) is 0 Å². The standard InChI is InChI=1S/C16H16ClN3O4/c1-18-16(23)20(24)9-10-5-4-8-13(14(10)17)19-12-7-3-2-6-11(12)15(21)22/h2-8,19,24H,9H2,1H3,(H,18,23)(H,21,22). The maximum Gasteiger partial charge on any atom is 0.341 e. The maximum absolute atomic E-state index is 11.4. The van der Waals surface area contributed by atoms with E-state index >= 15 is 0 Å². The molecule has 7 nitrogen and oxygen atoms in total. The first-order valence-corrected chi connectivity index (χ1v) is 7.36. The third-order valence-electron chi connectivity index (χ3n) is 3.27. The van der Waals surface area contributed by atoms with Crippen LogP contribution in [0.1, 0.15) is 15.9 Å². The van der Waals surface area contributed by atoms with Crippen molar-refractivity contribution in [2.75, 3.05) is 12.4 Å². The first-order chi connectivity index (χ1) is 11.4. The molecule has 0 aliphatic heterocycles. The molecule has 0 unspecified atom stereocenters. The number of halogens is 1. The third-order valence-corrected chi connectivity index (χ3v) is 3.72. The van der Waals surface area contributed by atoms with Crippen LogP contribution >= 0.6 is 11.6 Å². The van der Waals surface area contributed by atoms with Gasteiger partial charge in [0.15, 0.2) is 0 Å². The molecule has 2 amide bonds. The molecule has 0 atom stereocenters. The number of para-hydroxylation sites is 1. The number of hydrogen-bond acceptors (Lipinski definition) is 4. The van der Waals surface area contributed by atoms with Crippen molar-refractivity contribution in [3.05, 3.63) is 58.6 Å². The zero-order valence-electron chi connectivity index (χ0n) is 12.8. The molecule has 0 aliphatic rings. The Balaban J connectivity index is 2.29. The van der Waals surface area contributed by atoms with Gasteiger partial charge in [-0.05, 0) is 23.8 Å². The van der Waals surface area contributed by atoms with Gasteiger partial charge in [-0.2, -0.15) is 0 Å². The minimum absolute atomic E-state index is 0.105. The van der Waals surface area contributed by atoms with E-state index in [1.807, 2.05) is 0 Å². The second-order valence-electron chi connectivity index (χ2n) is 4.87. The van der Waals surface area contributed by atoms with Crippen LogP contribution < -0.4 is 10.6 Å². The number of amides is 2. The van der Waals surface area contributed by atoms with Crippen LogP contribution in [0.4, 0.5) is 16.2 Å². The highest BCUT2D eigenvalue weighted by Gasteiger charge is 2.15. The van der Waals surface area contributed by atoms with Gasteiger partial charge < -0.3 is 15.7 Å². The Morgan fingerprint density at radius 3 is 2.46 bits per heavy atom. The van der Waals surface area contributed by atoms with Gasteiger partial charge in [-0.1, -0.05) is 35.9 Å². The first kappa shape index (κ1) is 17.6. The lowest BCUT2D eigenvalue weighted by molar-refractivity contribution is -0.0500. The number of anilines is 2. The fourth-order valence-electron chi connectivity index (χ4n) is 2.08. The van der Waals surface area contributed by atoms with Crippen LogP contribution in [0.25, 0.3) is 0 Å². The van der Waals surface area contributed by atoms with Gasteiger partial charge in [0, 0.05) is 7.05 Å². The summed E-state index contributed by atoms with van der Waals surface area (Å²) in [6.07, 6.45) is 0. The Labute approximate surface area is 143 Å². The topological polar surface area (TPSA) is 102 Å². The lowest BCUT2D eigenvalue weighted by Crippen LogP contribution is -2.34. The Kier molecular flexibility index (Phi) is 5.62. The predicted molar refractivity (Wildman–Crippen MR) is 89.9 cm³/mol. The van der Waals surface area contributed by atoms with Crippen molar-refractivity contribution < 1.29 is 19.9 Å². The zero-order valence-corrected chi connectivity index (χ0v) is 13.5. The Morgan fingerprint density at radius 2 is 1.79 bits per heavy atom. The van der Waals surface area contributed by atoms with Crippen molar-refractivity contribution in [2.45, 2.75) is 6.54 Å². The van der Waals surface area contributed by atoms with Crippen molar-refractivity contribution in [3.63, 3.8) is 0 Å². The van der Waals surface area contributed by atoms with E-state index in [1.54, 1.807) is 36.4 Å². The lowest BCUT2D eigenvalue weighted by atomic mass is 10.1. The van der Waals surface area contributed by atoms with Crippen LogP contribution in [0.3, 0.4) is 0 Å². The fraction of sp³-hybridized carbons (Fsp3) is 0.125. The minimum atomic E-state index is -1.06. The first-order valence-electron chi connectivity index (χ1n) is 6.99. The van der Waals surface area contributed by atoms with Crippen molar-refractivity contribution in [3.8, 4) is 0 Å². The van der Waals surface area contributed by atoms with E-state index in [4.69, 9.17) is 11.6 Å². The Hall–Kier alpha value is -2.77. The molecule has 0 aromatic heterocycles. The van der Waals surface area contributed by atoms with Gasteiger partial charge in [-0.15, -0.1) is 0 Å². The summed E-state index contributed by atoms with van der Waals surface area (Å²) in [4.78, 5) is 22.6. The van der Waals surface area contributed by atoms with E-state index in [0.29, 0.717) is 22.0 Å². The second kappa shape index (κ2) is 7.67. The average molecular weight is 350 g/mol. The van der Waals surface area contributed by atoms with Crippen LogP contribution in [0.15, 0.2) is 42.5 Å². The highest BCUT2D eigenvalue weighted by molar-refractivity contribution is 6.34. The van der Waals surface area contributed by atoms with Crippen molar-refractivity contribution in [1.29, 1.82) is 0 Å². The van der Waals surface area contributed by atoms with Crippen molar-refractivity contribution in [1.82, 2.24) is 10.4 Å². The van der Waals surface area contributed by atoms with Gasteiger partial charge >= 0.3 is 12.0 Å². The molecule has 0 fully saturated rings. The highest BCUT2D eigenvalue weighted by Crippen LogP contribution is 2.30. The smallest absolute Gasteiger partial charge is 0.341 e. The van der Waals surface area contributed by atoms with Gasteiger partial charge in [0.25, 0.3) is 0 Å². The molecule has 0 spiro atoms. The normalized spacial score (nSPS) is 10.1. The number of benzene rings is 2. The number of nitrogens with one attached hydrogen (secondary N) is 2. The summed E-state index contributed by atoms with van der Waals surface area (Å²) in [5.41, 5.74) is 1.46. The maximum atomic E-state index is 11.4. The van der Waals surface area contributed by atoms with Gasteiger partial charge in [0.2, 0.25) is 0 Å². The molecule has 126 valence electrons. The number of rotatable bonds is 5. The molecule has 0 bridgehead atoms. The van der Waals surface area contributed by atoms with E-state index in [0.717, 1.165) is 0 Å². The molecule has 2 aromatic carbocycles. The SMILES string of the molecule is CNC(=O)N(O)Cc1cccc(Nc2ccccc2C(=O)O)c1Cl. The number of carboxylic acid groups (broad SMARTS) is 1. The molecule has 8 heteroatoms. The van der Waals surface area contributed by atoms with E-state index < -0.39 is 12.0 Å². The molecule has 0 saturated heterocycles. The molecule has 0 saturated carbocycles. The van der Waals surface area contributed by atoms with E-state index in [-0.39, 0.29) is 17.1 Å². The molecule has 2 aromatic rings. The molecular formula is C16H16ClN3O4. The summed E-state index contributed by atoms with van der Waals surface area (Å²) < 4.78 is 0. The molecule has 0 aliphatic carbocycles. The quantitative estimate of drug-likeness (QED) is 0.490. The molecule has 2 rings (SSSR count). The number of carbonyl (C=O) groups excluding carboxylic acids is 1. The molecular weight excluding hydrogens is 334 g/mol. The fourth-order valence-corrected chi connectivity index (χ4v) is 2.32. The van der Waals surface area contributed by atoms with E-state index in [1.165, 1.54) is 13.1 Å². The van der Waals surface area contributed by atoms with Crippen LogP contribution in [0, 0.1) is 0 Å². The largest absolute Gasteiger partial charge is 0.478 e. The molecule has 0 radical (unpaired) electrons. The number of aromatic carboxylic acids is 1. The number of urea groups is 1. The van der Waals surface area contributed by atoms with Crippen LogP contribution in [0.2, 0.25) is 5.02 Å². The second-order valence-corrected chi connectivity index (χ2v) is 5.25. The average Bonchev–Trinajstić information content (AvgIpc) is 2.57. The van der Waals surface area contributed by atoms with Gasteiger partial charge in [0.05, 0.1) is 28.5 Å². The summed E-state index contributed by atoms with van der Waals surface area (Å²) in [5.74, 6) is -1.06. The number of carboxylic acids is 1. The number of nitrogens with zero attached hydrogens (tertiary/aromatic N) is 1. The number of hydroxylamine groups is 2. The molecule has 0 heterocycles. The minimum Gasteiger partial charge on any atom is -0.478 e. The van der Waals surface area contributed by atoms with Crippen molar-refractivity contribution in [2.24, 2.45) is 0 Å². The Bertz CT molecular complexity index is 767. The summed E-state index contributed by atoms with van der Waals surface area (Å²) in [6, 6.07) is 10.8. The zero-order chi connectivity index (χ0) is 17.7. The molecule has 4 N–H and O–H groups in total. The highest BCUT2D eigenvalue weighted by atomic mass is 35.5.